The number of hydrogen-bond donors (Lipinski definition) is 0. The number of esters is 1. The molecule has 270 valence electrons. The van der Waals surface area contributed by atoms with Crippen molar-refractivity contribution >= 4 is 45.9 Å². The van der Waals surface area contributed by atoms with Crippen LogP contribution in [0.4, 0.5) is 13.2 Å². The molecular weight excluding hydrogens is 726 g/mol. The van der Waals surface area contributed by atoms with Crippen LogP contribution in [0.25, 0.3) is 28.1 Å². The Morgan fingerprint density at radius 3 is 2.53 bits per heavy atom. The molecule has 0 spiro atoms. The molecule has 0 N–H and O–H groups in total. The Hall–Kier alpha value is -5.47. The monoisotopic (exact) mass is 756 g/mol. The lowest BCUT2D eigenvalue weighted by atomic mass is 9.90. The minimum atomic E-state index is -4.69. The molecule has 14 heteroatoms. The number of fused-ring (bicyclic) bond motifs is 2. The van der Waals surface area contributed by atoms with E-state index in [0.29, 0.717) is 40.2 Å². The van der Waals surface area contributed by atoms with Crippen LogP contribution in [0.2, 0.25) is 0 Å². The molecule has 4 heterocycles. The van der Waals surface area contributed by atoms with E-state index in [4.69, 9.17) is 18.9 Å². The molecule has 1 atom stereocenters. The number of aromatic nitrogens is 3. The number of rotatable bonds is 10. The van der Waals surface area contributed by atoms with Gasteiger partial charge in [0.1, 0.15) is 23.2 Å². The van der Waals surface area contributed by atoms with Crippen LogP contribution in [-0.4, -0.2) is 34.2 Å². The number of nitrogens with zero attached hydrogens (tertiary/aromatic N) is 4. The average molecular weight is 757 g/mol. The Morgan fingerprint density at radius 2 is 1.79 bits per heavy atom. The van der Waals surface area contributed by atoms with Gasteiger partial charge in [-0.2, -0.15) is 13.2 Å². The van der Waals surface area contributed by atoms with Gasteiger partial charge in [-0.25, -0.2) is 19.8 Å². The van der Waals surface area contributed by atoms with E-state index in [-0.39, 0.29) is 38.4 Å². The smallest absolute Gasteiger partial charge is 0.433 e. The second-order valence-corrected chi connectivity index (χ2v) is 13.8. The zero-order valence-corrected chi connectivity index (χ0v) is 30.3. The number of carbonyl (C=O) groups excluding carboxylic acids is 1. The maximum Gasteiger partial charge on any atom is 0.433 e. The van der Waals surface area contributed by atoms with E-state index in [1.807, 2.05) is 43.3 Å². The van der Waals surface area contributed by atoms with Gasteiger partial charge in [-0.15, -0.1) is 0 Å². The van der Waals surface area contributed by atoms with Gasteiger partial charge in [-0.1, -0.05) is 85.3 Å². The molecule has 0 saturated heterocycles. The van der Waals surface area contributed by atoms with Crippen LogP contribution >= 0.6 is 23.1 Å². The van der Waals surface area contributed by atoms with Crippen LogP contribution in [0, 0.1) is 0 Å². The Balaban J connectivity index is 1.34. The Bertz CT molecular complexity index is 2560. The molecule has 0 unspecified atom stereocenters. The highest BCUT2D eigenvalue weighted by Crippen LogP contribution is 2.41. The van der Waals surface area contributed by atoms with E-state index in [2.05, 4.69) is 9.97 Å². The minimum Gasteiger partial charge on any atom is -0.496 e. The number of alkyl halides is 3. The summed E-state index contributed by atoms with van der Waals surface area (Å²) in [6, 6.07) is 23.1. The van der Waals surface area contributed by atoms with Crippen molar-refractivity contribution in [1.82, 2.24) is 14.5 Å². The summed E-state index contributed by atoms with van der Waals surface area (Å²) in [5.74, 6) is 0.183. The summed E-state index contributed by atoms with van der Waals surface area (Å²) in [5.41, 5.74) is 0.517. The van der Waals surface area contributed by atoms with Gasteiger partial charge in [0, 0.05) is 17.2 Å². The average Bonchev–Trinajstić information content (AvgIpc) is 3.72. The van der Waals surface area contributed by atoms with E-state index in [1.165, 1.54) is 11.7 Å². The molecule has 0 bridgehead atoms. The number of ether oxygens (including phenoxy) is 2. The van der Waals surface area contributed by atoms with Crippen molar-refractivity contribution < 1.29 is 31.9 Å². The van der Waals surface area contributed by atoms with Gasteiger partial charge in [0.05, 0.1) is 35.2 Å². The Labute approximate surface area is 309 Å². The Morgan fingerprint density at radius 1 is 1.02 bits per heavy atom. The largest absolute Gasteiger partial charge is 0.496 e. The second-order valence-electron chi connectivity index (χ2n) is 11.9. The number of furan rings is 1. The predicted molar refractivity (Wildman–Crippen MR) is 195 cm³/mol. The third-order valence-electron chi connectivity index (χ3n) is 8.45. The predicted octanol–water partition coefficient (Wildman–Crippen LogP) is 7.96. The standard InChI is InChI=1S/C39H31F3N4O5S2/c1-4-11-26-33(36(48)50-5-2)34(32-25-15-10-9-12-22(25)16-18-28(32)49-3)46-35(47)29(52-38(46)44-26)20-24-17-19-31(51-24)53-37-43-27(23-13-7-6-8-14-23)21-30(45-37)39(40,41)42/h6-10,12-21,34H,4-5,11H2,1-3H3/b29-20+/t34-/m0/s1. The first-order valence-electron chi connectivity index (χ1n) is 16.7. The van der Waals surface area contributed by atoms with E-state index in [0.717, 1.165) is 39.9 Å². The molecule has 53 heavy (non-hydrogen) atoms. The Kier molecular flexibility index (Phi) is 10.1. The third-order valence-corrected chi connectivity index (χ3v) is 10.2. The third kappa shape index (κ3) is 7.16. The summed E-state index contributed by atoms with van der Waals surface area (Å²) < 4.78 is 60.6. The fourth-order valence-electron chi connectivity index (χ4n) is 6.19. The van der Waals surface area contributed by atoms with Gasteiger partial charge in [-0.05, 0) is 60.1 Å². The lowest BCUT2D eigenvalue weighted by molar-refractivity contribution is -0.141. The first kappa shape index (κ1) is 35.9. The maximum atomic E-state index is 14.4. The molecule has 9 nitrogen and oxygen atoms in total. The molecule has 3 aromatic heterocycles. The summed E-state index contributed by atoms with van der Waals surface area (Å²) in [6.45, 7) is 3.83. The molecule has 0 radical (unpaired) electrons. The lowest BCUT2D eigenvalue weighted by Gasteiger charge is -2.28. The molecule has 1 aliphatic heterocycles. The highest BCUT2D eigenvalue weighted by Gasteiger charge is 2.37. The van der Waals surface area contributed by atoms with Crippen LogP contribution in [0.1, 0.15) is 49.7 Å². The van der Waals surface area contributed by atoms with Gasteiger partial charge in [0.15, 0.2) is 15.1 Å². The van der Waals surface area contributed by atoms with Crippen LogP contribution < -0.4 is 19.6 Å². The first-order valence-corrected chi connectivity index (χ1v) is 18.3. The zero-order chi connectivity index (χ0) is 37.3. The van der Waals surface area contributed by atoms with Crippen LogP contribution in [-0.2, 0) is 15.7 Å². The fourth-order valence-corrected chi connectivity index (χ4v) is 7.93. The van der Waals surface area contributed by atoms with E-state index in [1.54, 1.807) is 55.5 Å². The molecule has 0 saturated carbocycles. The van der Waals surface area contributed by atoms with Crippen molar-refractivity contribution in [2.75, 3.05) is 13.7 Å². The molecule has 0 aliphatic carbocycles. The molecule has 3 aromatic carbocycles. The van der Waals surface area contributed by atoms with Crippen molar-refractivity contribution in [1.29, 1.82) is 0 Å². The van der Waals surface area contributed by atoms with E-state index >= 15 is 0 Å². The topological polar surface area (TPSA) is 109 Å². The summed E-state index contributed by atoms with van der Waals surface area (Å²) >= 11 is 1.96. The number of thiazole rings is 1. The van der Waals surface area contributed by atoms with Crippen LogP contribution in [0.5, 0.6) is 5.75 Å². The molecule has 0 fully saturated rings. The molecular formula is C39H31F3N4O5S2. The molecule has 6 aromatic rings. The summed E-state index contributed by atoms with van der Waals surface area (Å²) in [5, 5.41) is 1.75. The van der Waals surface area contributed by atoms with Crippen molar-refractivity contribution in [2.24, 2.45) is 4.99 Å². The summed E-state index contributed by atoms with van der Waals surface area (Å²) in [6.07, 6.45) is -2.00. The number of benzene rings is 3. The van der Waals surface area contributed by atoms with Gasteiger partial charge < -0.3 is 13.9 Å². The minimum absolute atomic E-state index is 0.116. The van der Waals surface area contributed by atoms with Gasteiger partial charge in [0.25, 0.3) is 5.56 Å². The zero-order valence-electron chi connectivity index (χ0n) is 28.6. The molecule has 0 amide bonds. The normalized spacial score (nSPS) is 14.7. The van der Waals surface area contributed by atoms with Crippen molar-refractivity contribution in [3.05, 3.63) is 133 Å². The quantitative estimate of drug-likeness (QED) is 0.102. The SMILES string of the molecule is CCCC1=C(C(=O)OCC)[C@H](c2c(OC)ccc3ccccc23)n2c(s/c(=C/c3ccc(Sc4nc(-c5ccccc5)cc(C(F)(F)F)n4)o3)c2=O)=N1. The first-order chi connectivity index (χ1) is 25.6. The number of halogens is 3. The van der Waals surface area contributed by atoms with Crippen molar-refractivity contribution in [2.45, 2.75) is 49.2 Å². The molecule has 1 aliphatic rings. The van der Waals surface area contributed by atoms with Crippen molar-refractivity contribution in [3.8, 4) is 17.0 Å². The number of carbonyl (C=O) groups is 1. The second kappa shape index (κ2) is 14.9. The number of allylic oxidation sites excluding steroid dienone is 1. The van der Waals surface area contributed by atoms with E-state index in [9.17, 15) is 22.8 Å². The van der Waals surface area contributed by atoms with Crippen LogP contribution in [0.3, 0.4) is 0 Å². The van der Waals surface area contributed by atoms with Gasteiger partial charge >= 0.3 is 12.1 Å². The van der Waals surface area contributed by atoms with Gasteiger partial charge in [0.2, 0.25) is 0 Å². The van der Waals surface area contributed by atoms with E-state index < -0.39 is 29.4 Å². The summed E-state index contributed by atoms with van der Waals surface area (Å²) in [4.78, 5) is 41.5. The van der Waals surface area contributed by atoms with Crippen LogP contribution in [0.15, 0.2) is 121 Å². The maximum absolute atomic E-state index is 14.4. The highest BCUT2D eigenvalue weighted by atomic mass is 32.2. The number of hydrogen-bond acceptors (Lipinski definition) is 10. The lowest BCUT2D eigenvalue weighted by Crippen LogP contribution is -2.40. The molecule has 7 rings (SSSR count). The summed E-state index contributed by atoms with van der Waals surface area (Å²) in [7, 11) is 1.54. The van der Waals surface area contributed by atoms with Gasteiger partial charge in [-0.3, -0.25) is 9.36 Å². The number of methoxy groups -OCH3 is 1. The highest BCUT2D eigenvalue weighted by molar-refractivity contribution is 7.99. The van der Waals surface area contributed by atoms with Crippen molar-refractivity contribution in [3.63, 3.8) is 0 Å². The fraction of sp³-hybridized carbons (Fsp3) is 0.205.